The predicted octanol–water partition coefficient (Wildman–Crippen LogP) is 2.99. The van der Waals surface area contributed by atoms with Crippen molar-refractivity contribution in [2.24, 2.45) is 11.3 Å². The highest BCUT2D eigenvalue weighted by atomic mass is 16.5. The molecule has 1 aliphatic carbocycles. The molecule has 1 spiro atoms. The molecule has 1 saturated carbocycles. The minimum atomic E-state index is 0.396. The van der Waals surface area contributed by atoms with E-state index in [1.165, 1.54) is 71.0 Å². The third-order valence-corrected chi connectivity index (χ3v) is 7.74. The van der Waals surface area contributed by atoms with Crippen molar-refractivity contribution in [1.29, 1.82) is 0 Å². The first-order chi connectivity index (χ1) is 13.7. The van der Waals surface area contributed by atoms with E-state index in [0.717, 1.165) is 64.7 Å². The van der Waals surface area contributed by atoms with Gasteiger partial charge in [0.15, 0.2) is 0 Å². The van der Waals surface area contributed by atoms with Gasteiger partial charge in [-0.2, -0.15) is 0 Å². The van der Waals surface area contributed by atoms with E-state index in [2.05, 4.69) is 14.7 Å². The number of hydrogen-bond acceptors (Lipinski definition) is 4. The zero-order valence-electron chi connectivity index (χ0n) is 17.9. The predicted molar refractivity (Wildman–Crippen MR) is 112 cm³/mol. The molecule has 28 heavy (non-hydrogen) atoms. The smallest absolute Gasteiger partial charge is 0.222 e. The lowest BCUT2D eigenvalue weighted by Gasteiger charge is -2.42. The van der Waals surface area contributed by atoms with Crippen LogP contribution in [-0.4, -0.2) is 86.2 Å². The van der Waals surface area contributed by atoms with Crippen molar-refractivity contribution in [1.82, 2.24) is 14.7 Å². The number of carbonyl (C=O) groups excluding carboxylic acids is 1. The second-order valence-corrected chi connectivity index (χ2v) is 9.97. The third-order valence-electron chi connectivity index (χ3n) is 7.74. The molecular weight excluding hydrogens is 350 g/mol. The topological polar surface area (TPSA) is 36.0 Å². The lowest BCUT2D eigenvalue weighted by atomic mass is 9.78. The molecule has 160 valence electrons. The first kappa shape index (κ1) is 20.6. The number of hydrogen-bond donors (Lipinski definition) is 0. The Morgan fingerprint density at radius 3 is 2.54 bits per heavy atom. The maximum Gasteiger partial charge on any atom is 0.222 e. The molecule has 5 nitrogen and oxygen atoms in total. The van der Waals surface area contributed by atoms with Crippen LogP contribution < -0.4 is 0 Å². The number of carbonyl (C=O) groups is 1. The molecule has 1 unspecified atom stereocenters. The fourth-order valence-corrected chi connectivity index (χ4v) is 6.12. The summed E-state index contributed by atoms with van der Waals surface area (Å²) < 4.78 is 5.41. The van der Waals surface area contributed by atoms with Crippen LogP contribution in [0.25, 0.3) is 0 Å². The van der Waals surface area contributed by atoms with Crippen molar-refractivity contribution in [3.05, 3.63) is 0 Å². The van der Waals surface area contributed by atoms with Gasteiger partial charge < -0.3 is 14.5 Å². The summed E-state index contributed by atoms with van der Waals surface area (Å²) in [5.41, 5.74) is 0.396. The quantitative estimate of drug-likeness (QED) is 0.697. The number of morpholine rings is 1. The number of rotatable bonds is 6. The first-order valence-electron chi connectivity index (χ1n) is 12.0. The highest BCUT2D eigenvalue weighted by molar-refractivity contribution is 5.76. The van der Waals surface area contributed by atoms with Crippen molar-refractivity contribution < 1.29 is 9.53 Å². The Hall–Kier alpha value is -0.650. The number of likely N-dealkylation sites (tertiary alicyclic amines) is 2. The van der Waals surface area contributed by atoms with Crippen LogP contribution in [0.4, 0.5) is 0 Å². The molecule has 4 rings (SSSR count). The van der Waals surface area contributed by atoms with Crippen LogP contribution in [-0.2, 0) is 9.53 Å². The van der Waals surface area contributed by atoms with Crippen molar-refractivity contribution in [3.8, 4) is 0 Å². The highest BCUT2D eigenvalue weighted by Gasteiger charge is 2.42. The van der Waals surface area contributed by atoms with Gasteiger partial charge in [-0.3, -0.25) is 9.69 Å². The van der Waals surface area contributed by atoms with Crippen molar-refractivity contribution in [2.45, 2.75) is 64.2 Å². The number of nitrogens with zero attached hydrogens (tertiary/aromatic N) is 3. The summed E-state index contributed by atoms with van der Waals surface area (Å²) >= 11 is 0. The Morgan fingerprint density at radius 2 is 1.71 bits per heavy atom. The van der Waals surface area contributed by atoms with Crippen LogP contribution in [0.3, 0.4) is 0 Å². The zero-order valence-corrected chi connectivity index (χ0v) is 17.9. The minimum absolute atomic E-state index is 0.396. The molecule has 0 bridgehead atoms. The second kappa shape index (κ2) is 9.90. The van der Waals surface area contributed by atoms with Gasteiger partial charge in [-0.05, 0) is 57.5 Å². The molecule has 4 aliphatic rings. The van der Waals surface area contributed by atoms with Crippen LogP contribution in [0.2, 0.25) is 0 Å². The van der Waals surface area contributed by atoms with E-state index in [0.29, 0.717) is 11.3 Å². The zero-order chi connectivity index (χ0) is 19.2. The fraction of sp³-hybridized carbons (Fsp3) is 0.957. The van der Waals surface area contributed by atoms with E-state index in [1.807, 2.05) is 0 Å². The van der Waals surface area contributed by atoms with Gasteiger partial charge in [-0.25, -0.2) is 0 Å². The molecule has 3 saturated heterocycles. The molecule has 1 amide bonds. The summed E-state index contributed by atoms with van der Waals surface area (Å²) in [5, 5.41) is 0. The van der Waals surface area contributed by atoms with E-state index in [-0.39, 0.29) is 0 Å². The van der Waals surface area contributed by atoms with Gasteiger partial charge in [0.1, 0.15) is 0 Å². The van der Waals surface area contributed by atoms with E-state index >= 15 is 0 Å². The molecule has 0 aromatic heterocycles. The first-order valence-corrected chi connectivity index (χ1v) is 12.0. The van der Waals surface area contributed by atoms with Crippen LogP contribution in [0.1, 0.15) is 64.2 Å². The summed E-state index contributed by atoms with van der Waals surface area (Å²) in [6.45, 7) is 10.6. The SMILES string of the molecule is O=C(CCCN1CCOCC1)N1CCC2(CCCN(CC3CCCCC3)C2)C1. The van der Waals surface area contributed by atoms with Gasteiger partial charge in [0, 0.05) is 51.1 Å². The van der Waals surface area contributed by atoms with Crippen molar-refractivity contribution in [3.63, 3.8) is 0 Å². The average Bonchev–Trinajstić information content (AvgIpc) is 3.13. The van der Waals surface area contributed by atoms with Crippen LogP contribution in [0.15, 0.2) is 0 Å². The van der Waals surface area contributed by atoms with E-state index in [9.17, 15) is 4.79 Å². The standard InChI is InChI=1S/C23H41N3O2/c27-22(8-4-11-24-14-16-28-17-15-24)26-13-10-23(20-26)9-5-12-25(19-23)18-21-6-2-1-3-7-21/h21H,1-20H2. The molecular formula is C23H41N3O2. The molecule has 0 aromatic rings. The summed E-state index contributed by atoms with van der Waals surface area (Å²) in [6, 6.07) is 0. The number of amides is 1. The normalized spacial score (nSPS) is 30.9. The maximum atomic E-state index is 12.8. The summed E-state index contributed by atoms with van der Waals surface area (Å²) in [4.78, 5) is 20.2. The number of ether oxygens (including phenoxy) is 1. The second-order valence-electron chi connectivity index (χ2n) is 9.97. The molecule has 3 aliphatic heterocycles. The number of piperidine rings is 1. The van der Waals surface area contributed by atoms with Crippen LogP contribution in [0, 0.1) is 11.3 Å². The fourth-order valence-electron chi connectivity index (χ4n) is 6.12. The lowest BCUT2D eigenvalue weighted by Crippen LogP contribution is -2.47. The summed E-state index contributed by atoms with van der Waals surface area (Å²) in [7, 11) is 0. The van der Waals surface area contributed by atoms with Gasteiger partial charge >= 0.3 is 0 Å². The summed E-state index contributed by atoms with van der Waals surface area (Å²) in [6.07, 6.45) is 12.8. The molecule has 3 heterocycles. The van der Waals surface area contributed by atoms with Crippen LogP contribution >= 0.6 is 0 Å². The van der Waals surface area contributed by atoms with Crippen LogP contribution in [0.5, 0.6) is 0 Å². The summed E-state index contributed by atoms with van der Waals surface area (Å²) in [5.74, 6) is 1.33. The van der Waals surface area contributed by atoms with E-state index in [4.69, 9.17) is 4.74 Å². The van der Waals surface area contributed by atoms with Gasteiger partial charge in [-0.1, -0.05) is 19.3 Å². The molecule has 0 radical (unpaired) electrons. The van der Waals surface area contributed by atoms with Gasteiger partial charge in [0.2, 0.25) is 5.91 Å². The largest absolute Gasteiger partial charge is 0.379 e. The Bertz CT molecular complexity index is 502. The molecule has 1 atom stereocenters. The minimum Gasteiger partial charge on any atom is -0.379 e. The van der Waals surface area contributed by atoms with Crippen molar-refractivity contribution >= 4 is 5.91 Å². The van der Waals surface area contributed by atoms with Gasteiger partial charge in [0.05, 0.1) is 13.2 Å². The monoisotopic (exact) mass is 391 g/mol. The Labute approximate surface area is 171 Å². The average molecular weight is 392 g/mol. The Morgan fingerprint density at radius 1 is 0.893 bits per heavy atom. The molecule has 5 heteroatoms. The molecule has 4 fully saturated rings. The van der Waals surface area contributed by atoms with E-state index < -0.39 is 0 Å². The Kier molecular flexibility index (Phi) is 7.29. The van der Waals surface area contributed by atoms with Gasteiger partial charge in [-0.15, -0.1) is 0 Å². The van der Waals surface area contributed by atoms with Crippen molar-refractivity contribution in [2.75, 3.05) is 65.6 Å². The third kappa shape index (κ3) is 5.48. The molecule has 0 aromatic carbocycles. The van der Waals surface area contributed by atoms with Gasteiger partial charge in [0.25, 0.3) is 0 Å². The van der Waals surface area contributed by atoms with E-state index in [1.54, 1.807) is 0 Å². The highest BCUT2D eigenvalue weighted by Crippen LogP contribution is 2.40. The molecule has 0 N–H and O–H groups in total. The lowest BCUT2D eigenvalue weighted by molar-refractivity contribution is -0.131. The maximum absolute atomic E-state index is 12.8. The Balaban J connectivity index is 1.20.